The van der Waals surface area contributed by atoms with Crippen LogP contribution in [-0.2, 0) is 19.6 Å². The van der Waals surface area contributed by atoms with E-state index in [-0.39, 0.29) is 48.3 Å². The summed E-state index contributed by atoms with van der Waals surface area (Å²) in [5, 5.41) is 2.84. The Hall–Kier alpha value is -1.19. The first-order valence-corrected chi connectivity index (χ1v) is 8.71. The molecule has 2 atom stereocenters. The van der Waals surface area contributed by atoms with Crippen molar-refractivity contribution in [2.24, 2.45) is 5.73 Å². The molecule has 0 fully saturated rings. The number of sulfonamides is 1. The number of carbonyl (C=O) groups is 1. The fraction of sp³-hybridized carbons (Fsp3) is 0.533. The van der Waals surface area contributed by atoms with Crippen molar-refractivity contribution < 1.29 is 17.9 Å². The van der Waals surface area contributed by atoms with Gasteiger partial charge in [0, 0.05) is 27.7 Å². The SMILES string of the molecule is COC(CN)CC(=O)NC(C)c1ccc(S(=O)(=O)N(C)C)cc1.Cl. The van der Waals surface area contributed by atoms with Crippen LogP contribution in [0.3, 0.4) is 0 Å². The lowest BCUT2D eigenvalue weighted by Crippen LogP contribution is -2.33. The van der Waals surface area contributed by atoms with Gasteiger partial charge in [0.25, 0.3) is 0 Å². The van der Waals surface area contributed by atoms with Gasteiger partial charge in [-0.2, -0.15) is 0 Å². The third-order valence-electron chi connectivity index (χ3n) is 3.55. The predicted octanol–water partition coefficient (Wildman–Crippen LogP) is 0.900. The van der Waals surface area contributed by atoms with Gasteiger partial charge >= 0.3 is 0 Å². The number of hydrogen-bond donors (Lipinski definition) is 2. The van der Waals surface area contributed by atoms with Gasteiger partial charge in [0.15, 0.2) is 0 Å². The van der Waals surface area contributed by atoms with Crippen molar-refractivity contribution in [3.8, 4) is 0 Å². The molecular weight excluding hydrogens is 354 g/mol. The first-order chi connectivity index (χ1) is 10.7. The standard InChI is InChI=1S/C15H25N3O4S.ClH/c1-11(17-15(19)9-13(10-16)22-4)12-5-7-14(8-6-12)23(20,21)18(2)3;/h5-8,11,13H,9-10,16H2,1-4H3,(H,17,19);1H. The molecule has 2 unspecified atom stereocenters. The Balaban J connectivity index is 0.00000529. The third-order valence-corrected chi connectivity index (χ3v) is 5.37. The van der Waals surface area contributed by atoms with E-state index in [2.05, 4.69) is 5.32 Å². The highest BCUT2D eigenvalue weighted by atomic mass is 35.5. The van der Waals surface area contributed by atoms with E-state index in [0.717, 1.165) is 9.87 Å². The molecule has 138 valence electrons. The molecule has 0 heterocycles. The van der Waals surface area contributed by atoms with Crippen molar-refractivity contribution in [1.29, 1.82) is 0 Å². The molecule has 1 rings (SSSR count). The highest BCUT2D eigenvalue weighted by Crippen LogP contribution is 2.18. The molecule has 9 heteroatoms. The molecule has 0 bridgehead atoms. The second-order valence-electron chi connectivity index (χ2n) is 5.44. The number of nitrogens with two attached hydrogens (primary N) is 1. The van der Waals surface area contributed by atoms with Crippen molar-refractivity contribution in [2.45, 2.75) is 30.4 Å². The maximum atomic E-state index is 12.0. The predicted molar refractivity (Wildman–Crippen MR) is 95.6 cm³/mol. The number of rotatable bonds is 8. The van der Waals surface area contributed by atoms with Crippen molar-refractivity contribution >= 4 is 28.3 Å². The molecule has 0 aliphatic heterocycles. The number of amides is 1. The third kappa shape index (κ3) is 6.03. The Bertz CT molecular complexity index is 616. The quantitative estimate of drug-likeness (QED) is 0.698. The van der Waals surface area contributed by atoms with E-state index in [1.54, 1.807) is 12.1 Å². The number of benzene rings is 1. The van der Waals surface area contributed by atoms with Crippen LogP contribution in [0.2, 0.25) is 0 Å². The molecule has 3 N–H and O–H groups in total. The summed E-state index contributed by atoms with van der Waals surface area (Å²) >= 11 is 0. The summed E-state index contributed by atoms with van der Waals surface area (Å²) in [6.07, 6.45) is -0.125. The minimum absolute atomic E-state index is 0. The maximum absolute atomic E-state index is 12.0. The van der Waals surface area contributed by atoms with Crippen LogP contribution in [0.1, 0.15) is 24.9 Å². The number of nitrogens with one attached hydrogen (secondary N) is 1. The zero-order valence-electron chi connectivity index (χ0n) is 14.4. The van der Waals surface area contributed by atoms with E-state index in [9.17, 15) is 13.2 Å². The Morgan fingerprint density at radius 1 is 1.29 bits per heavy atom. The number of carbonyl (C=O) groups excluding carboxylic acids is 1. The number of methoxy groups -OCH3 is 1. The molecule has 0 aliphatic rings. The van der Waals surface area contributed by atoms with Gasteiger partial charge in [0.1, 0.15) is 0 Å². The fourth-order valence-electron chi connectivity index (χ4n) is 1.99. The van der Waals surface area contributed by atoms with Crippen LogP contribution in [0.15, 0.2) is 29.2 Å². The monoisotopic (exact) mass is 379 g/mol. The van der Waals surface area contributed by atoms with Crippen LogP contribution >= 0.6 is 12.4 Å². The van der Waals surface area contributed by atoms with Gasteiger partial charge in [-0.05, 0) is 24.6 Å². The highest BCUT2D eigenvalue weighted by molar-refractivity contribution is 7.89. The topological polar surface area (TPSA) is 102 Å². The van der Waals surface area contributed by atoms with Crippen molar-refractivity contribution in [3.05, 3.63) is 29.8 Å². The number of halogens is 1. The zero-order valence-corrected chi connectivity index (χ0v) is 16.0. The lowest BCUT2D eigenvalue weighted by atomic mass is 10.1. The molecule has 24 heavy (non-hydrogen) atoms. The molecule has 0 saturated carbocycles. The number of nitrogens with zero attached hydrogens (tertiary/aromatic N) is 1. The summed E-state index contributed by atoms with van der Waals surface area (Å²) in [5.41, 5.74) is 6.31. The average Bonchev–Trinajstić information content (AvgIpc) is 2.52. The number of hydrogen-bond acceptors (Lipinski definition) is 5. The van der Waals surface area contributed by atoms with Crippen LogP contribution in [0, 0.1) is 0 Å². The molecule has 7 nitrogen and oxygen atoms in total. The van der Waals surface area contributed by atoms with Gasteiger partial charge in [0.05, 0.1) is 23.5 Å². The van der Waals surface area contributed by atoms with Crippen molar-refractivity contribution in [3.63, 3.8) is 0 Å². The first kappa shape index (κ1) is 22.8. The van der Waals surface area contributed by atoms with E-state index in [1.807, 2.05) is 6.92 Å². The van der Waals surface area contributed by atoms with Crippen molar-refractivity contribution in [1.82, 2.24) is 9.62 Å². The maximum Gasteiger partial charge on any atom is 0.242 e. The Kier molecular flexibility index (Phi) is 9.46. The zero-order chi connectivity index (χ0) is 17.6. The van der Waals surface area contributed by atoms with E-state index < -0.39 is 10.0 Å². The molecule has 0 aromatic heterocycles. The van der Waals surface area contributed by atoms with E-state index in [0.29, 0.717) is 0 Å². The minimum Gasteiger partial charge on any atom is -0.380 e. The summed E-state index contributed by atoms with van der Waals surface area (Å²) in [7, 11) is 1.03. The molecular formula is C15H26ClN3O4S. The van der Waals surface area contributed by atoms with Crippen LogP contribution in [0.5, 0.6) is 0 Å². The van der Waals surface area contributed by atoms with Gasteiger partial charge in [-0.1, -0.05) is 12.1 Å². The van der Waals surface area contributed by atoms with Gasteiger partial charge in [-0.15, -0.1) is 12.4 Å². The highest BCUT2D eigenvalue weighted by Gasteiger charge is 2.18. The molecule has 0 aliphatic carbocycles. The fourth-order valence-corrected chi connectivity index (χ4v) is 2.89. The van der Waals surface area contributed by atoms with Crippen molar-refractivity contribution in [2.75, 3.05) is 27.7 Å². The molecule has 0 radical (unpaired) electrons. The lowest BCUT2D eigenvalue weighted by molar-refractivity contribution is -0.124. The Morgan fingerprint density at radius 2 is 1.83 bits per heavy atom. The number of ether oxygens (including phenoxy) is 1. The van der Waals surface area contributed by atoms with E-state index in [4.69, 9.17) is 10.5 Å². The summed E-state index contributed by atoms with van der Waals surface area (Å²) in [5.74, 6) is -0.167. The first-order valence-electron chi connectivity index (χ1n) is 7.27. The van der Waals surface area contributed by atoms with Crippen LogP contribution in [0.25, 0.3) is 0 Å². The Labute approximate surface area is 150 Å². The molecule has 0 spiro atoms. The molecule has 1 amide bonds. The van der Waals surface area contributed by atoms with Gasteiger partial charge in [0.2, 0.25) is 15.9 Å². The summed E-state index contributed by atoms with van der Waals surface area (Å²) in [6.45, 7) is 2.10. The summed E-state index contributed by atoms with van der Waals surface area (Å²) in [6, 6.07) is 6.21. The van der Waals surface area contributed by atoms with E-state index >= 15 is 0 Å². The largest absolute Gasteiger partial charge is 0.380 e. The minimum atomic E-state index is -3.45. The van der Waals surface area contributed by atoms with E-state index in [1.165, 1.54) is 33.3 Å². The normalized spacial score (nSPS) is 13.9. The van der Waals surface area contributed by atoms with Crippen LogP contribution in [-0.4, -0.2) is 52.5 Å². The van der Waals surface area contributed by atoms with Gasteiger partial charge < -0.3 is 15.8 Å². The second kappa shape index (κ2) is 9.95. The van der Waals surface area contributed by atoms with Gasteiger partial charge in [-0.3, -0.25) is 4.79 Å². The average molecular weight is 380 g/mol. The summed E-state index contributed by atoms with van der Waals surface area (Å²) < 4.78 is 30.3. The smallest absolute Gasteiger partial charge is 0.242 e. The second-order valence-corrected chi connectivity index (χ2v) is 7.60. The molecule has 1 aromatic rings. The van der Waals surface area contributed by atoms with Crippen LogP contribution in [0.4, 0.5) is 0 Å². The molecule has 0 saturated heterocycles. The van der Waals surface area contributed by atoms with Gasteiger partial charge in [-0.25, -0.2) is 12.7 Å². The summed E-state index contributed by atoms with van der Waals surface area (Å²) in [4.78, 5) is 12.1. The van der Waals surface area contributed by atoms with Crippen LogP contribution < -0.4 is 11.1 Å². The Morgan fingerprint density at radius 3 is 2.25 bits per heavy atom. The lowest BCUT2D eigenvalue weighted by Gasteiger charge is -2.18. The molecule has 1 aromatic carbocycles.